The number of hydrogen-bond donors (Lipinski definition) is 2. The third-order valence-corrected chi connectivity index (χ3v) is 5.76. The highest BCUT2D eigenvalue weighted by molar-refractivity contribution is 9.10. The van der Waals surface area contributed by atoms with Crippen LogP contribution in [0.4, 0.5) is 0 Å². The van der Waals surface area contributed by atoms with E-state index in [1.54, 1.807) is 0 Å². The Morgan fingerprint density at radius 3 is 2.57 bits per heavy atom. The van der Waals surface area contributed by atoms with Gasteiger partial charge in [-0.05, 0) is 47.0 Å². The van der Waals surface area contributed by atoms with Crippen LogP contribution in [0.5, 0.6) is 0 Å². The lowest BCUT2D eigenvalue weighted by Gasteiger charge is -2.08. The fourth-order valence-corrected chi connectivity index (χ4v) is 4.07. The van der Waals surface area contributed by atoms with E-state index in [0.717, 1.165) is 18.9 Å². The Bertz CT molecular complexity index is 682. The van der Waals surface area contributed by atoms with Crippen LogP contribution in [0.1, 0.15) is 29.6 Å². The van der Waals surface area contributed by atoms with Crippen LogP contribution >= 0.6 is 15.9 Å². The predicted octanol–water partition coefficient (Wildman–Crippen LogP) is 1.59. The molecule has 1 fully saturated rings. The molecule has 1 aromatic rings. The molecule has 0 heterocycles. The number of benzene rings is 1. The molecule has 8 heteroatoms. The van der Waals surface area contributed by atoms with Gasteiger partial charge in [0.05, 0.1) is 16.2 Å². The summed E-state index contributed by atoms with van der Waals surface area (Å²) in [5.41, 5.74) is -0.112. The minimum Gasteiger partial charge on any atom is -0.478 e. The van der Waals surface area contributed by atoms with Crippen LogP contribution in [0.25, 0.3) is 0 Å². The first-order valence-electron chi connectivity index (χ1n) is 6.34. The molecule has 1 aliphatic rings. The maximum absolute atomic E-state index is 12.2. The zero-order valence-corrected chi connectivity index (χ0v) is 13.4. The molecule has 114 valence electrons. The van der Waals surface area contributed by atoms with Crippen LogP contribution in [-0.2, 0) is 14.6 Å². The lowest BCUT2D eigenvalue weighted by atomic mass is 10.2. The van der Waals surface area contributed by atoms with Crippen LogP contribution in [0, 0.1) is 0 Å². The first-order valence-corrected chi connectivity index (χ1v) is 8.79. The molecule has 1 aromatic carbocycles. The summed E-state index contributed by atoms with van der Waals surface area (Å²) in [6, 6.07) is 3.97. The summed E-state index contributed by atoms with van der Waals surface area (Å²) < 4.78 is 24.7. The number of carbonyl (C=O) groups is 2. The largest absolute Gasteiger partial charge is 0.478 e. The summed E-state index contributed by atoms with van der Waals surface area (Å²) in [5.74, 6) is -1.86. The van der Waals surface area contributed by atoms with Crippen LogP contribution in [0.3, 0.4) is 0 Å². The van der Waals surface area contributed by atoms with Gasteiger partial charge in [-0.1, -0.05) is 0 Å². The first-order chi connectivity index (χ1) is 9.79. The summed E-state index contributed by atoms with van der Waals surface area (Å²) >= 11 is 3.10. The van der Waals surface area contributed by atoms with Gasteiger partial charge in [-0.3, -0.25) is 4.79 Å². The van der Waals surface area contributed by atoms with Crippen molar-refractivity contribution >= 4 is 37.6 Å². The highest BCUT2D eigenvalue weighted by Crippen LogP contribution is 2.25. The van der Waals surface area contributed by atoms with Gasteiger partial charge in [0.15, 0.2) is 9.84 Å². The minimum atomic E-state index is -3.73. The summed E-state index contributed by atoms with van der Waals surface area (Å²) in [7, 11) is -3.73. The van der Waals surface area contributed by atoms with Gasteiger partial charge in [0.2, 0.25) is 5.91 Å². The van der Waals surface area contributed by atoms with Gasteiger partial charge in [-0.2, -0.15) is 0 Å². The van der Waals surface area contributed by atoms with Gasteiger partial charge >= 0.3 is 5.97 Å². The van der Waals surface area contributed by atoms with Crippen molar-refractivity contribution in [2.75, 3.05) is 5.75 Å². The van der Waals surface area contributed by atoms with Crippen molar-refractivity contribution in [1.29, 1.82) is 0 Å². The van der Waals surface area contributed by atoms with Crippen LogP contribution in [0.15, 0.2) is 27.6 Å². The Morgan fingerprint density at radius 2 is 2.00 bits per heavy atom. The number of aromatic carboxylic acids is 1. The summed E-state index contributed by atoms with van der Waals surface area (Å²) in [6.45, 7) is 0. The van der Waals surface area contributed by atoms with E-state index in [1.807, 2.05) is 0 Å². The highest BCUT2D eigenvalue weighted by Gasteiger charge is 2.25. The van der Waals surface area contributed by atoms with E-state index in [9.17, 15) is 18.0 Å². The molecule has 0 unspecified atom stereocenters. The Kier molecular flexibility index (Phi) is 4.67. The molecule has 0 bridgehead atoms. The molecule has 1 aliphatic carbocycles. The average molecular weight is 376 g/mol. The van der Waals surface area contributed by atoms with Crippen molar-refractivity contribution < 1.29 is 23.1 Å². The van der Waals surface area contributed by atoms with E-state index in [4.69, 9.17) is 5.11 Å². The number of halogens is 1. The van der Waals surface area contributed by atoms with Crippen molar-refractivity contribution in [2.24, 2.45) is 0 Å². The van der Waals surface area contributed by atoms with Crippen molar-refractivity contribution in [1.82, 2.24) is 5.32 Å². The number of carboxylic acid groups (broad SMARTS) is 1. The Hall–Kier alpha value is -1.41. The Labute approximate surface area is 130 Å². The third kappa shape index (κ3) is 4.28. The van der Waals surface area contributed by atoms with Crippen molar-refractivity contribution in [3.05, 3.63) is 28.2 Å². The molecule has 0 atom stereocenters. The molecule has 2 N–H and O–H groups in total. The van der Waals surface area contributed by atoms with Gasteiger partial charge < -0.3 is 10.4 Å². The van der Waals surface area contributed by atoms with Gasteiger partial charge in [-0.25, -0.2) is 13.2 Å². The topological polar surface area (TPSA) is 101 Å². The quantitative estimate of drug-likeness (QED) is 0.785. The van der Waals surface area contributed by atoms with E-state index >= 15 is 0 Å². The van der Waals surface area contributed by atoms with E-state index in [2.05, 4.69) is 21.2 Å². The molecular weight excluding hydrogens is 362 g/mol. The van der Waals surface area contributed by atoms with E-state index < -0.39 is 15.8 Å². The number of nitrogens with one attached hydrogen (secondary N) is 1. The monoisotopic (exact) mass is 375 g/mol. The second-order valence-corrected chi connectivity index (χ2v) is 7.79. The van der Waals surface area contributed by atoms with E-state index in [1.165, 1.54) is 12.1 Å². The van der Waals surface area contributed by atoms with Crippen molar-refractivity contribution in [3.8, 4) is 0 Å². The summed E-state index contributed by atoms with van der Waals surface area (Å²) in [4.78, 5) is 22.4. The summed E-state index contributed by atoms with van der Waals surface area (Å²) in [6.07, 6.45) is 1.73. The van der Waals surface area contributed by atoms with Gasteiger partial charge in [0.25, 0.3) is 0 Å². The van der Waals surface area contributed by atoms with Crippen LogP contribution in [0.2, 0.25) is 0 Å². The number of carbonyl (C=O) groups excluding carboxylic acids is 1. The fourth-order valence-electron chi connectivity index (χ4n) is 1.74. The summed E-state index contributed by atoms with van der Waals surface area (Å²) in [5, 5.41) is 11.6. The normalized spacial score (nSPS) is 14.7. The Morgan fingerprint density at radius 1 is 1.33 bits per heavy atom. The number of hydrogen-bond acceptors (Lipinski definition) is 4. The molecule has 2 rings (SSSR count). The first kappa shape index (κ1) is 16.0. The maximum Gasteiger partial charge on any atom is 0.335 e. The van der Waals surface area contributed by atoms with Crippen molar-refractivity contribution in [2.45, 2.75) is 30.2 Å². The third-order valence-electron chi connectivity index (χ3n) is 3.05. The fraction of sp³-hybridized carbons (Fsp3) is 0.385. The second-order valence-electron chi connectivity index (χ2n) is 4.86. The highest BCUT2D eigenvalue weighted by atomic mass is 79.9. The molecule has 21 heavy (non-hydrogen) atoms. The minimum absolute atomic E-state index is 0.110. The standard InChI is InChI=1S/C13H14BrNO5S/c14-10-4-1-8(13(17)18)7-11(10)21(19,20)6-5-12(16)15-9-2-3-9/h1,4,7,9H,2-3,5-6H2,(H,15,16)(H,17,18). The average Bonchev–Trinajstić information content (AvgIpc) is 3.20. The lowest BCUT2D eigenvalue weighted by Crippen LogP contribution is -2.27. The number of rotatable bonds is 6. The molecule has 0 aromatic heterocycles. The SMILES string of the molecule is O=C(CCS(=O)(=O)c1cc(C(=O)O)ccc1Br)NC1CC1. The molecule has 6 nitrogen and oxygen atoms in total. The van der Waals surface area contributed by atoms with Gasteiger partial charge in [-0.15, -0.1) is 0 Å². The lowest BCUT2D eigenvalue weighted by molar-refractivity contribution is -0.120. The zero-order valence-electron chi connectivity index (χ0n) is 11.0. The predicted molar refractivity (Wildman–Crippen MR) is 78.9 cm³/mol. The molecule has 0 spiro atoms. The van der Waals surface area contributed by atoms with Crippen LogP contribution < -0.4 is 5.32 Å². The molecular formula is C13H14BrNO5S. The van der Waals surface area contributed by atoms with E-state index in [-0.39, 0.29) is 39.1 Å². The molecule has 1 amide bonds. The van der Waals surface area contributed by atoms with E-state index in [0.29, 0.717) is 0 Å². The van der Waals surface area contributed by atoms with Crippen molar-refractivity contribution in [3.63, 3.8) is 0 Å². The molecule has 0 aliphatic heterocycles. The number of amides is 1. The molecule has 0 saturated heterocycles. The molecule has 1 saturated carbocycles. The molecule has 0 radical (unpaired) electrons. The second kappa shape index (κ2) is 6.15. The number of carboxylic acids is 1. The zero-order chi connectivity index (χ0) is 15.6. The maximum atomic E-state index is 12.2. The van der Waals surface area contributed by atoms with Gasteiger partial charge in [0, 0.05) is 16.9 Å². The number of sulfone groups is 1. The Balaban J connectivity index is 2.12. The van der Waals surface area contributed by atoms with Gasteiger partial charge in [0.1, 0.15) is 0 Å². The van der Waals surface area contributed by atoms with Crippen LogP contribution in [-0.4, -0.2) is 37.2 Å². The smallest absolute Gasteiger partial charge is 0.335 e.